The van der Waals surface area contributed by atoms with E-state index < -0.39 is 11.8 Å². The minimum Gasteiger partial charge on any atom is -0.462 e. The summed E-state index contributed by atoms with van der Waals surface area (Å²) in [4.78, 5) is 54.1. The molecular weight excluding hydrogens is 861 g/mol. The lowest BCUT2D eigenvalue weighted by atomic mass is 9.81. The van der Waals surface area contributed by atoms with Gasteiger partial charge in [0.25, 0.3) is 0 Å². The van der Waals surface area contributed by atoms with E-state index in [4.69, 9.17) is 18.9 Å². The summed E-state index contributed by atoms with van der Waals surface area (Å²) in [6.07, 6.45) is 10.1. The number of ether oxygens (including phenoxy) is 4. The molecule has 2 unspecified atom stereocenters. The first-order valence-electron chi connectivity index (χ1n) is 26.5. The molecule has 4 heterocycles. The maximum Gasteiger partial charge on any atom is 0.310 e. The van der Waals surface area contributed by atoms with Crippen LogP contribution in [0.2, 0.25) is 0 Å². The molecule has 14 heteroatoms. The Morgan fingerprint density at radius 1 is 0.397 bits per heavy atom. The van der Waals surface area contributed by atoms with Crippen LogP contribution >= 0.6 is 0 Å². The van der Waals surface area contributed by atoms with E-state index in [1.807, 2.05) is 0 Å². The molecule has 68 heavy (non-hydrogen) atoms. The van der Waals surface area contributed by atoms with Gasteiger partial charge in [0, 0.05) is 122 Å². The molecule has 6 N–H and O–H groups in total. The van der Waals surface area contributed by atoms with Crippen molar-refractivity contribution in [3.05, 3.63) is 0 Å². The van der Waals surface area contributed by atoms with Crippen LogP contribution in [0.3, 0.4) is 0 Å². The molecule has 0 aliphatic carbocycles. The van der Waals surface area contributed by atoms with Crippen LogP contribution in [0.15, 0.2) is 0 Å². The van der Waals surface area contributed by atoms with E-state index in [1.54, 1.807) is 0 Å². The molecule has 4 aliphatic rings. The Hall–Kier alpha value is -2.36. The van der Waals surface area contributed by atoms with Gasteiger partial charge < -0.3 is 50.8 Å². The molecule has 394 valence electrons. The summed E-state index contributed by atoms with van der Waals surface area (Å²) in [5.74, 6) is -1.97. The van der Waals surface area contributed by atoms with Gasteiger partial charge in [-0.2, -0.15) is 0 Å². The first kappa shape index (κ1) is 58.2. The van der Waals surface area contributed by atoms with Gasteiger partial charge in [0.1, 0.15) is 24.4 Å². The molecule has 0 amide bonds. The Morgan fingerprint density at radius 2 is 0.632 bits per heavy atom. The van der Waals surface area contributed by atoms with Gasteiger partial charge in [0.15, 0.2) is 0 Å². The lowest BCUT2D eigenvalue weighted by Crippen LogP contribution is -2.60. The Balaban J connectivity index is 1.24. The van der Waals surface area contributed by atoms with E-state index in [-0.39, 0.29) is 105 Å². The predicted octanol–water partition coefficient (Wildman–Crippen LogP) is 7.93. The van der Waals surface area contributed by atoms with Crippen molar-refractivity contribution in [2.45, 2.75) is 282 Å². The molecule has 0 aromatic carbocycles. The molecular formula is C54H100N6O8. The van der Waals surface area contributed by atoms with Crippen molar-refractivity contribution < 1.29 is 38.1 Å². The van der Waals surface area contributed by atoms with Crippen LogP contribution in [0.1, 0.15) is 214 Å². The van der Waals surface area contributed by atoms with Crippen molar-refractivity contribution >= 4 is 23.9 Å². The summed E-state index contributed by atoms with van der Waals surface area (Å²) < 4.78 is 24.4. The van der Waals surface area contributed by atoms with E-state index in [9.17, 15) is 19.2 Å². The van der Waals surface area contributed by atoms with Crippen molar-refractivity contribution in [3.63, 3.8) is 0 Å². The zero-order valence-electron chi connectivity index (χ0n) is 45.9. The highest BCUT2D eigenvalue weighted by molar-refractivity contribution is 5.76. The van der Waals surface area contributed by atoms with Crippen LogP contribution in [0, 0.1) is 11.8 Å². The predicted molar refractivity (Wildman–Crippen MR) is 271 cm³/mol. The van der Waals surface area contributed by atoms with Crippen molar-refractivity contribution in [3.8, 4) is 0 Å². The third kappa shape index (κ3) is 21.2. The van der Waals surface area contributed by atoms with E-state index in [0.29, 0.717) is 25.9 Å². The van der Waals surface area contributed by atoms with Crippen LogP contribution in [0.5, 0.6) is 0 Å². The first-order chi connectivity index (χ1) is 31.1. The number of unbranched alkanes of at least 4 members (excludes halogenated alkanes) is 3. The lowest BCUT2D eigenvalue weighted by Gasteiger charge is -2.46. The molecule has 2 atom stereocenters. The highest BCUT2D eigenvalue weighted by Crippen LogP contribution is 2.35. The molecule has 0 bridgehead atoms. The van der Waals surface area contributed by atoms with Gasteiger partial charge in [-0.1, -0.05) is 12.8 Å². The van der Waals surface area contributed by atoms with Gasteiger partial charge in [-0.3, -0.25) is 19.2 Å². The maximum atomic E-state index is 13.8. The average molecular weight is 961 g/mol. The number of rotatable bonds is 23. The van der Waals surface area contributed by atoms with Crippen molar-refractivity contribution in [1.29, 1.82) is 0 Å². The van der Waals surface area contributed by atoms with Crippen LogP contribution in [-0.4, -0.2) is 119 Å². The van der Waals surface area contributed by atoms with Gasteiger partial charge in [0.05, 0.1) is 11.8 Å². The molecule has 4 fully saturated rings. The molecule has 0 aromatic heterocycles. The smallest absolute Gasteiger partial charge is 0.310 e. The SMILES string of the molecule is CC1(C)CC(OC(=O)CCC(CNCCCCCCNCC(CCC(=O)OC2CC(C)(C)NC(C)(C)C2)C(=O)OC2CC(C)(C)NC(C)(C)C2)C(=O)OC2CC(C)(C)NC(C)(C)C2)CC(C)(C)N1. The number of carbonyl (C=O) groups is 4. The third-order valence-corrected chi connectivity index (χ3v) is 14.1. The Morgan fingerprint density at radius 3 is 0.882 bits per heavy atom. The standard InChI is InChI=1S/C54H100N6O8/c1-47(2)27-39(28-48(3,4)57-47)65-43(61)23-21-37(45(63)67-41-31-51(9,10)59-52(11,12)32-41)35-55-25-19-17-18-20-26-56-36-38(46(64)68-42-33-53(13,14)60-54(15,16)34-42)22-24-44(62)66-40-29-49(5,6)58-50(7,8)30-40/h37-42,55-60H,17-36H2,1-16H3. The fourth-order valence-electron chi connectivity index (χ4n) is 12.9. The largest absolute Gasteiger partial charge is 0.462 e. The average Bonchev–Trinajstić information content (AvgIpc) is 3.09. The van der Waals surface area contributed by atoms with Crippen LogP contribution in [-0.2, 0) is 38.1 Å². The Labute approximate surface area is 412 Å². The van der Waals surface area contributed by atoms with Crippen molar-refractivity contribution in [1.82, 2.24) is 31.9 Å². The van der Waals surface area contributed by atoms with Crippen LogP contribution in [0.25, 0.3) is 0 Å². The molecule has 14 nitrogen and oxygen atoms in total. The lowest BCUT2D eigenvalue weighted by molar-refractivity contribution is -0.161. The van der Waals surface area contributed by atoms with Crippen LogP contribution < -0.4 is 31.9 Å². The second-order valence-electron chi connectivity index (χ2n) is 26.8. The zero-order valence-corrected chi connectivity index (χ0v) is 45.9. The molecule has 4 aliphatic heterocycles. The minimum atomic E-state index is -0.466. The Bertz CT molecular complexity index is 1490. The number of piperidine rings is 4. The van der Waals surface area contributed by atoms with Crippen molar-refractivity contribution in [2.75, 3.05) is 26.2 Å². The maximum absolute atomic E-state index is 13.8. The van der Waals surface area contributed by atoms with Gasteiger partial charge in [-0.25, -0.2) is 0 Å². The topological polar surface area (TPSA) is 177 Å². The summed E-state index contributed by atoms with van der Waals surface area (Å²) in [6.45, 7) is 36.6. The zero-order chi connectivity index (χ0) is 51.0. The number of esters is 4. The number of hydrogen-bond donors (Lipinski definition) is 6. The highest BCUT2D eigenvalue weighted by atomic mass is 16.6. The molecule has 4 rings (SSSR count). The van der Waals surface area contributed by atoms with Gasteiger partial charge >= 0.3 is 23.9 Å². The number of nitrogens with one attached hydrogen (secondary N) is 6. The number of carbonyl (C=O) groups excluding carboxylic acids is 4. The molecule has 0 spiro atoms. The van der Waals surface area contributed by atoms with Gasteiger partial charge in [-0.05, 0) is 150 Å². The Kier molecular flexibility index (Phi) is 20.1. The molecule has 4 saturated heterocycles. The molecule has 0 saturated carbocycles. The van der Waals surface area contributed by atoms with E-state index in [0.717, 1.165) is 90.1 Å². The summed E-state index contributed by atoms with van der Waals surface area (Å²) >= 11 is 0. The second kappa shape index (κ2) is 23.5. The quantitative estimate of drug-likeness (QED) is 0.0331. The second-order valence-corrected chi connectivity index (χ2v) is 26.8. The summed E-state index contributed by atoms with van der Waals surface area (Å²) in [6, 6.07) is 0. The van der Waals surface area contributed by atoms with Crippen molar-refractivity contribution in [2.24, 2.45) is 11.8 Å². The van der Waals surface area contributed by atoms with E-state index >= 15 is 0 Å². The minimum absolute atomic E-state index is 0.141. The fraction of sp³-hybridized carbons (Fsp3) is 0.926. The van der Waals surface area contributed by atoms with Gasteiger partial charge in [-0.15, -0.1) is 0 Å². The normalized spacial score (nSPS) is 25.1. The van der Waals surface area contributed by atoms with Crippen LogP contribution in [0.4, 0.5) is 0 Å². The summed E-state index contributed by atoms with van der Waals surface area (Å²) in [5.41, 5.74) is -1.21. The highest BCUT2D eigenvalue weighted by Gasteiger charge is 2.44. The molecule has 0 radical (unpaired) electrons. The van der Waals surface area contributed by atoms with Gasteiger partial charge in [0.2, 0.25) is 0 Å². The monoisotopic (exact) mass is 961 g/mol. The fourth-order valence-corrected chi connectivity index (χ4v) is 12.9. The molecule has 0 aromatic rings. The summed E-state index contributed by atoms with van der Waals surface area (Å²) in [5, 5.41) is 21.6. The third-order valence-electron chi connectivity index (χ3n) is 14.1. The number of hydrogen-bond acceptors (Lipinski definition) is 14. The first-order valence-corrected chi connectivity index (χ1v) is 26.5. The van der Waals surface area contributed by atoms with E-state index in [2.05, 4.69) is 143 Å². The summed E-state index contributed by atoms with van der Waals surface area (Å²) in [7, 11) is 0. The van der Waals surface area contributed by atoms with E-state index in [1.165, 1.54) is 0 Å².